The molecule has 5 rings (SSSR count). The van der Waals surface area contributed by atoms with E-state index < -0.39 is 23.5 Å². The molecule has 1 saturated heterocycles. The summed E-state index contributed by atoms with van der Waals surface area (Å²) in [5.74, 6) is -0.652. The smallest absolute Gasteiger partial charge is 0.410 e. The third kappa shape index (κ3) is 7.94. The number of anilines is 1. The van der Waals surface area contributed by atoms with E-state index in [1.165, 1.54) is 9.80 Å². The van der Waals surface area contributed by atoms with Crippen LogP contribution in [0.3, 0.4) is 0 Å². The van der Waals surface area contributed by atoms with Gasteiger partial charge in [0.2, 0.25) is 11.8 Å². The van der Waals surface area contributed by atoms with Crippen molar-refractivity contribution in [2.75, 3.05) is 38.7 Å². The number of carbonyl (C=O) groups is 3. The minimum absolute atomic E-state index is 0.00533. The van der Waals surface area contributed by atoms with Crippen LogP contribution in [-0.2, 0) is 27.5 Å². The largest absolute Gasteiger partial charge is 0.486 e. The molecular weight excluding hydrogens is 659 g/mol. The Morgan fingerprint density at radius 1 is 1.08 bits per heavy atom. The number of likely N-dealkylation sites (N-methyl/N-ethyl adjacent to an activating group) is 1. The topological polar surface area (TPSA) is 128 Å². The quantitative estimate of drug-likeness (QED) is 0.223. The lowest BCUT2D eigenvalue weighted by molar-refractivity contribution is -0.127. The number of hydrogen-bond acceptors (Lipinski definition) is 8. The first-order chi connectivity index (χ1) is 22.9. The third-order valence-electron chi connectivity index (χ3n) is 7.83. The number of hydrogen-bond donors (Lipinski definition) is 1. The second-order valence-electron chi connectivity index (χ2n) is 12.4. The van der Waals surface area contributed by atoms with Gasteiger partial charge in [-0.2, -0.15) is 4.98 Å². The highest BCUT2D eigenvalue weighted by molar-refractivity contribution is 6.38. The van der Waals surface area contributed by atoms with Gasteiger partial charge in [0.15, 0.2) is 0 Å². The Bertz CT molecular complexity index is 1810. The minimum atomic E-state index is -0.629. The van der Waals surface area contributed by atoms with E-state index in [-0.39, 0.29) is 30.6 Å². The molecule has 3 amide bonds. The standard InChI is InChI=1S/C34H38Cl2N6O6/c1-34(2,3)48-33(45)41-16-14-21(18-41)31(44)38-17-28(43)40(4)25-13-12-24(35)23(29(25)36)20-47-27-11-8-10-26-30(27)39-32(46-5)42(26)19-22-9-6-7-15-37-22/h6-13,15,21H,14,16-20H2,1-5H3,(H,38,44)/t21-/m0/s1. The van der Waals surface area contributed by atoms with E-state index in [1.807, 2.05) is 34.9 Å². The number of aromatic nitrogens is 3. The number of halogens is 2. The van der Waals surface area contributed by atoms with Crippen molar-refractivity contribution in [3.8, 4) is 11.8 Å². The Morgan fingerprint density at radius 2 is 1.88 bits per heavy atom. The first-order valence-electron chi connectivity index (χ1n) is 15.4. The van der Waals surface area contributed by atoms with Gasteiger partial charge in [-0.3, -0.25) is 19.1 Å². The number of benzene rings is 2. The normalized spacial score (nSPS) is 14.6. The molecule has 12 nitrogen and oxygen atoms in total. The summed E-state index contributed by atoms with van der Waals surface area (Å²) in [7, 11) is 3.12. The Hall–Kier alpha value is -4.55. The molecule has 2 aromatic carbocycles. The van der Waals surface area contributed by atoms with Gasteiger partial charge in [-0.15, -0.1) is 0 Å². The average Bonchev–Trinajstić information content (AvgIpc) is 3.69. The van der Waals surface area contributed by atoms with Crippen LogP contribution in [0.4, 0.5) is 10.5 Å². The molecule has 1 aliphatic heterocycles. The Morgan fingerprint density at radius 3 is 2.58 bits per heavy atom. The number of methoxy groups -OCH3 is 1. The molecule has 0 aliphatic carbocycles. The number of likely N-dealkylation sites (tertiary alicyclic amines) is 1. The lowest BCUT2D eigenvalue weighted by Gasteiger charge is -2.24. The van der Waals surface area contributed by atoms with Gasteiger partial charge in [0.05, 0.1) is 48.0 Å². The molecule has 3 heterocycles. The number of pyridine rings is 1. The fourth-order valence-corrected chi connectivity index (χ4v) is 5.94. The van der Waals surface area contributed by atoms with Crippen LogP contribution in [0.2, 0.25) is 10.0 Å². The fraction of sp³-hybridized carbons (Fsp3) is 0.382. The van der Waals surface area contributed by atoms with E-state index in [1.54, 1.807) is 59.3 Å². The monoisotopic (exact) mass is 696 g/mol. The minimum Gasteiger partial charge on any atom is -0.486 e. The van der Waals surface area contributed by atoms with Crippen LogP contribution in [0, 0.1) is 5.92 Å². The van der Waals surface area contributed by atoms with Crippen molar-refractivity contribution in [2.45, 2.75) is 45.9 Å². The number of ether oxygens (including phenoxy) is 3. The Labute approximate surface area is 288 Å². The Balaban J connectivity index is 1.24. The van der Waals surface area contributed by atoms with Crippen molar-refractivity contribution in [1.29, 1.82) is 0 Å². The highest BCUT2D eigenvalue weighted by Gasteiger charge is 2.33. The molecule has 1 N–H and O–H groups in total. The molecule has 0 radical (unpaired) electrons. The molecule has 0 bridgehead atoms. The van der Waals surface area contributed by atoms with E-state index in [0.29, 0.717) is 53.1 Å². The average molecular weight is 698 g/mol. The summed E-state index contributed by atoms with van der Waals surface area (Å²) in [6, 6.07) is 15.0. The molecule has 1 fully saturated rings. The molecule has 4 aromatic rings. The number of carbonyl (C=O) groups excluding carboxylic acids is 3. The highest BCUT2D eigenvalue weighted by Crippen LogP contribution is 2.36. The van der Waals surface area contributed by atoms with Crippen molar-refractivity contribution in [1.82, 2.24) is 24.8 Å². The van der Waals surface area contributed by atoms with E-state index in [4.69, 9.17) is 37.4 Å². The van der Waals surface area contributed by atoms with Crippen molar-refractivity contribution in [3.63, 3.8) is 0 Å². The van der Waals surface area contributed by atoms with Crippen LogP contribution in [0.15, 0.2) is 54.7 Å². The SMILES string of the molecule is COc1nc2c(OCc3c(Cl)ccc(N(C)C(=O)CNC(=O)[C@H]4CCN(C(=O)OC(C)(C)C)C4)c3Cl)cccc2n1Cc1ccccn1. The first-order valence-corrected chi connectivity index (χ1v) is 16.2. The van der Waals surface area contributed by atoms with Gasteiger partial charge in [0, 0.05) is 36.9 Å². The van der Waals surface area contributed by atoms with Gasteiger partial charge in [-0.05, 0) is 63.6 Å². The number of para-hydroxylation sites is 1. The predicted octanol–water partition coefficient (Wildman–Crippen LogP) is 5.71. The summed E-state index contributed by atoms with van der Waals surface area (Å²) < 4.78 is 19.1. The maximum atomic E-state index is 13.1. The molecule has 48 heavy (non-hydrogen) atoms. The van der Waals surface area contributed by atoms with Crippen molar-refractivity contribution >= 4 is 57.8 Å². The third-order valence-corrected chi connectivity index (χ3v) is 8.61. The molecule has 14 heteroatoms. The van der Waals surface area contributed by atoms with Crippen LogP contribution in [0.25, 0.3) is 11.0 Å². The maximum Gasteiger partial charge on any atom is 0.410 e. The van der Waals surface area contributed by atoms with E-state index >= 15 is 0 Å². The summed E-state index contributed by atoms with van der Waals surface area (Å²) in [4.78, 5) is 50.3. The number of amides is 3. The summed E-state index contributed by atoms with van der Waals surface area (Å²) in [5, 5.41) is 3.29. The zero-order valence-electron chi connectivity index (χ0n) is 27.5. The number of nitrogens with one attached hydrogen (secondary N) is 1. The van der Waals surface area contributed by atoms with Gasteiger partial charge >= 0.3 is 6.09 Å². The fourth-order valence-electron chi connectivity index (χ4n) is 5.33. The Kier molecular flexibility index (Phi) is 10.6. The summed E-state index contributed by atoms with van der Waals surface area (Å²) in [5.41, 5.74) is 2.48. The summed E-state index contributed by atoms with van der Waals surface area (Å²) >= 11 is 13.3. The second-order valence-corrected chi connectivity index (χ2v) is 13.1. The van der Waals surface area contributed by atoms with Crippen LogP contribution in [0.1, 0.15) is 38.4 Å². The van der Waals surface area contributed by atoms with E-state index in [2.05, 4.69) is 15.3 Å². The van der Waals surface area contributed by atoms with Gasteiger partial charge in [-0.25, -0.2) is 4.79 Å². The first kappa shape index (κ1) is 34.8. The van der Waals surface area contributed by atoms with Crippen molar-refractivity contribution in [2.24, 2.45) is 5.92 Å². The number of fused-ring (bicyclic) bond motifs is 1. The molecule has 2 aromatic heterocycles. The molecule has 0 saturated carbocycles. The molecule has 254 valence electrons. The van der Waals surface area contributed by atoms with Gasteiger partial charge in [-0.1, -0.05) is 35.3 Å². The number of imidazole rings is 1. The van der Waals surface area contributed by atoms with Gasteiger partial charge in [0.1, 0.15) is 23.5 Å². The van der Waals surface area contributed by atoms with Gasteiger partial charge < -0.3 is 29.3 Å². The van der Waals surface area contributed by atoms with Crippen LogP contribution >= 0.6 is 23.2 Å². The molecule has 0 spiro atoms. The molecule has 1 aliphatic rings. The van der Waals surface area contributed by atoms with Crippen molar-refractivity contribution in [3.05, 3.63) is 76.0 Å². The van der Waals surface area contributed by atoms with Crippen molar-refractivity contribution < 1.29 is 28.6 Å². The second kappa shape index (κ2) is 14.7. The number of rotatable bonds is 10. The lowest BCUT2D eigenvalue weighted by atomic mass is 10.1. The van der Waals surface area contributed by atoms with E-state index in [9.17, 15) is 14.4 Å². The molecule has 1 atom stereocenters. The molecular formula is C34H38Cl2N6O6. The zero-order chi connectivity index (χ0) is 34.6. The maximum absolute atomic E-state index is 13.1. The van der Waals surface area contributed by atoms with Crippen LogP contribution < -0.4 is 19.7 Å². The molecule has 0 unspecified atom stereocenters. The zero-order valence-corrected chi connectivity index (χ0v) is 29.0. The highest BCUT2D eigenvalue weighted by atomic mass is 35.5. The number of nitrogens with zero attached hydrogens (tertiary/aromatic N) is 5. The lowest BCUT2D eigenvalue weighted by Crippen LogP contribution is -2.42. The summed E-state index contributed by atoms with van der Waals surface area (Å²) in [6.45, 7) is 6.19. The predicted molar refractivity (Wildman–Crippen MR) is 183 cm³/mol. The van der Waals surface area contributed by atoms with Crippen LogP contribution in [-0.4, -0.2) is 76.7 Å². The van der Waals surface area contributed by atoms with Gasteiger partial charge in [0.25, 0.3) is 6.01 Å². The summed E-state index contributed by atoms with van der Waals surface area (Å²) in [6.07, 6.45) is 1.75. The van der Waals surface area contributed by atoms with Crippen LogP contribution in [0.5, 0.6) is 11.8 Å². The van der Waals surface area contributed by atoms with E-state index in [0.717, 1.165) is 11.2 Å².